The minimum Gasteiger partial charge on any atom is -0.346 e. The Bertz CT molecular complexity index is 1080. The third kappa shape index (κ3) is 3.61. The Morgan fingerprint density at radius 2 is 2.14 bits per heavy atom. The molecule has 3 aromatic rings. The van der Waals surface area contributed by atoms with E-state index in [1.165, 1.54) is 0 Å². The van der Waals surface area contributed by atoms with Gasteiger partial charge in [0.05, 0.1) is 24.9 Å². The van der Waals surface area contributed by atoms with Gasteiger partial charge in [-0.2, -0.15) is 10.4 Å². The number of hydrogen-bond acceptors (Lipinski definition) is 5. The van der Waals surface area contributed by atoms with E-state index in [1.54, 1.807) is 0 Å². The van der Waals surface area contributed by atoms with Crippen molar-refractivity contribution in [2.24, 2.45) is 5.92 Å². The van der Waals surface area contributed by atoms with Gasteiger partial charge in [-0.3, -0.25) is 14.4 Å². The lowest BCUT2D eigenvalue weighted by Gasteiger charge is -2.30. The zero-order valence-corrected chi connectivity index (χ0v) is 16.1. The van der Waals surface area contributed by atoms with Crippen molar-refractivity contribution in [2.75, 3.05) is 25.0 Å². The molecule has 0 aromatic carbocycles. The fourth-order valence-electron chi connectivity index (χ4n) is 4.03. The summed E-state index contributed by atoms with van der Waals surface area (Å²) in [6, 6.07) is 6.51. The molecule has 0 bridgehead atoms. The molecule has 1 aliphatic carbocycles. The van der Waals surface area contributed by atoms with Crippen LogP contribution in [-0.2, 0) is 4.79 Å². The second kappa shape index (κ2) is 7.33. The quantitative estimate of drug-likeness (QED) is 0.653. The van der Waals surface area contributed by atoms with Crippen LogP contribution in [0.15, 0.2) is 30.7 Å². The Balaban J connectivity index is 1.40. The molecule has 0 spiro atoms. The van der Waals surface area contributed by atoms with Crippen molar-refractivity contribution in [1.29, 1.82) is 5.26 Å². The van der Waals surface area contributed by atoms with Crippen LogP contribution in [0.5, 0.6) is 0 Å². The molecular weight excluding hydrogens is 366 g/mol. The molecule has 1 saturated carbocycles. The van der Waals surface area contributed by atoms with Gasteiger partial charge in [-0.15, -0.1) is 0 Å². The molecule has 4 heterocycles. The summed E-state index contributed by atoms with van der Waals surface area (Å²) in [5.74, 6) is 0.757. The van der Waals surface area contributed by atoms with Crippen molar-refractivity contribution in [3.8, 4) is 17.2 Å². The van der Waals surface area contributed by atoms with Crippen LogP contribution in [0, 0.1) is 17.2 Å². The van der Waals surface area contributed by atoms with Gasteiger partial charge < -0.3 is 10.3 Å². The number of nitrogens with zero attached hydrogens (tertiary/aromatic N) is 5. The summed E-state index contributed by atoms with van der Waals surface area (Å²) >= 11 is 0. The van der Waals surface area contributed by atoms with Crippen LogP contribution in [0.1, 0.15) is 31.7 Å². The van der Waals surface area contributed by atoms with Gasteiger partial charge in [-0.25, -0.2) is 4.98 Å². The average Bonchev–Trinajstić information content (AvgIpc) is 3.28. The highest BCUT2D eigenvalue weighted by Gasteiger charge is 2.30. The minimum atomic E-state index is 0.0502. The van der Waals surface area contributed by atoms with Gasteiger partial charge in [-0.05, 0) is 43.4 Å². The van der Waals surface area contributed by atoms with Gasteiger partial charge in [0.15, 0.2) is 0 Å². The first-order valence-electron chi connectivity index (χ1n) is 10.1. The molecule has 8 nitrogen and oxygen atoms in total. The van der Waals surface area contributed by atoms with Crippen LogP contribution in [0.25, 0.3) is 22.2 Å². The number of piperidine rings is 1. The van der Waals surface area contributed by atoms with E-state index in [-0.39, 0.29) is 11.8 Å². The zero-order chi connectivity index (χ0) is 19.8. The summed E-state index contributed by atoms with van der Waals surface area (Å²) < 4.78 is 2.04. The van der Waals surface area contributed by atoms with Gasteiger partial charge in [0.1, 0.15) is 11.5 Å². The van der Waals surface area contributed by atoms with E-state index < -0.39 is 0 Å². The number of fused-ring (bicyclic) bond motifs is 1. The van der Waals surface area contributed by atoms with Gasteiger partial charge in [0.2, 0.25) is 5.91 Å². The number of H-pyrrole nitrogens is 1. The summed E-state index contributed by atoms with van der Waals surface area (Å²) in [7, 11) is 0. The summed E-state index contributed by atoms with van der Waals surface area (Å²) in [5, 5.41) is 17.5. The van der Waals surface area contributed by atoms with Crippen LogP contribution in [-0.4, -0.2) is 50.2 Å². The predicted octanol–water partition coefficient (Wildman–Crippen LogP) is 2.94. The third-order valence-electron chi connectivity index (χ3n) is 5.87. The van der Waals surface area contributed by atoms with Crippen molar-refractivity contribution >= 4 is 22.8 Å². The smallest absolute Gasteiger partial charge is 0.228 e. The molecule has 29 heavy (non-hydrogen) atoms. The number of rotatable bonds is 5. The standard InChI is InChI=1S/C21H23N7O/c22-6-10-27-8-4-16(5-9-27)28-13-15(12-24-28)18-11-19(26-21(29)14-1-2-14)25-20-17(18)3-7-23-20/h3,7,11-14,16H,1-2,4-5,8-10H2,(H2,23,25,26,29). The molecule has 2 N–H and O–H groups in total. The minimum absolute atomic E-state index is 0.0502. The van der Waals surface area contributed by atoms with E-state index in [2.05, 4.69) is 37.5 Å². The molecular formula is C21H23N7O. The molecule has 2 fully saturated rings. The van der Waals surface area contributed by atoms with Gasteiger partial charge in [-0.1, -0.05) is 0 Å². The number of hydrogen-bond donors (Lipinski definition) is 2. The van der Waals surface area contributed by atoms with E-state index in [9.17, 15) is 4.79 Å². The topological polar surface area (TPSA) is 103 Å². The monoisotopic (exact) mass is 389 g/mol. The highest BCUT2D eigenvalue weighted by molar-refractivity contribution is 5.98. The van der Waals surface area contributed by atoms with Crippen molar-refractivity contribution < 1.29 is 4.79 Å². The zero-order valence-electron chi connectivity index (χ0n) is 16.1. The third-order valence-corrected chi connectivity index (χ3v) is 5.87. The Morgan fingerprint density at radius 1 is 1.31 bits per heavy atom. The highest BCUT2D eigenvalue weighted by Crippen LogP contribution is 2.33. The molecule has 0 unspecified atom stereocenters. The molecule has 0 atom stereocenters. The molecule has 1 saturated heterocycles. The summed E-state index contributed by atoms with van der Waals surface area (Å²) in [5.41, 5.74) is 2.78. The molecule has 1 amide bonds. The molecule has 1 aliphatic heterocycles. The largest absolute Gasteiger partial charge is 0.346 e. The molecule has 8 heteroatoms. The summed E-state index contributed by atoms with van der Waals surface area (Å²) in [4.78, 5) is 22.1. The van der Waals surface area contributed by atoms with Crippen LogP contribution < -0.4 is 5.32 Å². The molecule has 2 aliphatic rings. The first kappa shape index (κ1) is 17.9. The lowest BCUT2D eigenvalue weighted by atomic mass is 10.0. The first-order valence-corrected chi connectivity index (χ1v) is 10.1. The SMILES string of the molecule is N#CCN1CCC(n2cc(-c3cc(NC(=O)C4CC4)nc4[nH]ccc34)cn2)CC1. The maximum atomic E-state index is 12.2. The molecule has 148 valence electrons. The maximum Gasteiger partial charge on any atom is 0.228 e. The van der Waals surface area contributed by atoms with Crippen LogP contribution in [0.3, 0.4) is 0 Å². The van der Waals surface area contributed by atoms with Crippen molar-refractivity contribution in [3.63, 3.8) is 0 Å². The predicted molar refractivity (Wildman–Crippen MR) is 109 cm³/mol. The number of anilines is 1. The second-order valence-corrected chi connectivity index (χ2v) is 7.93. The number of carbonyl (C=O) groups is 1. The van der Waals surface area contributed by atoms with Crippen molar-refractivity contribution in [3.05, 3.63) is 30.7 Å². The van der Waals surface area contributed by atoms with E-state index in [0.29, 0.717) is 18.4 Å². The summed E-state index contributed by atoms with van der Waals surface area (Å²) in [6.07, 6.45) is 9.73. The van der Waals surface area contributed by atoms with Gasteiger partial charge >= 0.3 is 0 Å². The van der Waals surface area contributed by atoms with Gasteiger partial charge in [0.25, 0.3) is 0 Å². The normalized spacial score (nSPS) is 18.0. The van der Waals surface area contributed by atoms with Crippen LogP contribution in [0.2, 0.25) is 0 Å². The van der Waals surface area contributed by atoms with E-state index in [1.807, 2.05) is 29.2 Å². The number of nitrogens with one attached hydrogen (secondary N) is 2. The van der Waals surface area contributed by atoms with E-state index in [0.717, 1.165) is 60.9 Å². The van der Waals surface area contributed by atoms with E-state index >= 15 is 0 Å². The van der Waals surface area contributed by atoms with E-state index in [4.69, 9.17) is 5.26 Å². The Morgan fingerprint density at radius 3 is 2.90 bits per heavy atom. The Kier molecular flexibility index (Phi) is 4.52. The number of amides is 1. The number of aromatic nitrogens is 4. The molecule has 3 aromatic heterocycles. The van der Waals surface area contributed by atoms with Crippen LogP contribution >= 0.6 is 0 Å². The fraction of sp³-hybridized carbons (Fsp3) is 0.429. The first-order chi connectivity index (χ1) is 14.2. The second-order valence-electron chi connectivity index (χ2n) is 7.93. The number of nitriles is 1. The Hall–Kier alpha value is -3.18. The van der Waals surface area contributed by atoms with Crippen LogP contribution in [0.4, 0.5) is 5.82 Å². The van der Waals surface area contributed by atoms with Gasteiger partial charge in [0, 0.05) is 42.4 Å². The number of pyridine rings is 1. The molecule has 5 rings (SSSR count). The lowest BCUT2D eigenvalue weighted by molar-refractivity contribution is -0.117. The van der Waals surface area contributed by atoms with Crippen molar-refractivity contribution in [2.45, 2.75) is 31.7 Å². The van der Waals surface area contributed by atoms with Crippen molar-refractivity contribution in [1.82, 2.24) is 24.6 Å². The summed E-state index contributed by atoms with van der Waals surface area (Å²) in [6.45, 7) is 2.33. The fourth-order valence-corrected chi connectivity index (χ4v) is 4.03. The maximum absolute atomic E-state index is 12.2. The Labute approximate surface area is 168 Å². The number of aromatic amines is 1. The molecule has 0 radical (unpaired) electrons. The number of carbonyl (C=O) groups excluding carboxylic acids is 1. The highest BCUT2D eigenvalue weighted by atomic mass is 16.2. The average molecular weight is 389 g/mol. The lowest BCUT2D eigenvalue weighted by Crippen LogP contribution is -2.34. The number of likely N-dealkylation sites (tertiary alicyclic amines) is 1.